The number of rotatable bonds is 7. The molecule has 106 valence electrons. The third kappa shape index (κ3) is 3.95. The first-order valence-electron chi connectivity index (χ1n) is 7.52. The summed E-state index contributed by atoms with van der Waals surface area (Å²) < 4.78 is 0. The Morgan fingerprint density at radius 1 is 1.21 bits per heavy atom. The Morgan fingerprint density at radius 3 is 2.47 bits per heavy atom. The summed E-state index contributed by atoms with van der Waals surface area (Å²) >= 11 is 0. The van der Waals surface area contributed by atoms with Crippen molar-refractivity contribution < 1.29 is 5.11 Å². The molecule has 0 spiro atoms. The predicted octanol–water partition coefficient (Wildman–Crippen LogP) is 2.54. The van der Waals surface area contributed by atoms with Gasteiger partial charge < -0.3 is 15.3 Å². The van der Waals surface area contributed by atoms with Crippen LogP contribution in [0.15, 0.2) is 24.3 Å². The van der Waals surface area contributed by atoms with E-state index in [1.165, 1.54) is 36.9 Å². The highest BCUT2D eigenvalue weighted by molar-refractivity contribution is 5.48. The first-order valence-corrected chi connectivity index (χ1v) is 7.52. The van der Waals surface area contributed by atoms with E-state index in [2.05, 4.69) is 41.4 Å². The maximum Gasteiger partial charge on any atom is 0.0606 e. The quantitative estimate of drug-likeness (QED) is 0.792. The van der Waals surface area contributed by atoms with Crippen molar-refractivity contribution in [1.82, 2.24) is 5.32 Å². The molecule has 1 aromatic rings. The third-order valence-electron chi connectivity index (χ3n) is 3.95. The fraction of sp³-hybridized carbons (Fsp3) is 0.625. The zero-order chi connectivity index (χ0) is 13.5. The topological polar surface area (TPSA) is 35.5 Å². The molecule has 0 unspecified atom stereocenters. The van der Waals surface area contributed by atoms with Crippen molar-refractivity contribution in [1.29, 1.82) is 0 Å². The number of nitrogens with one attached hydrogen (secondary N) is 1. The maximum absolute atomic E-state index is 9.28. The third-order valence-corrected chi connectivity index (χ3v) is 3.95. The summed E-state index contributed by atoms with van der Waals surface area (Å²) in [6.07, 6.45) is 5.18. The van der Waals surface area contributed by atoms with E-state index in [0.717, 1.165) is 19.6 Å². The maximum atomic E-state index is 9.28. The van der Waals surface area contributed by atoms with Crippen molar-refractivity contribution >= 4 is 5.69 Å². The molecule has 1 aromatic carbocycles. The largest absolute Gasteiger partial charge is 0.395 e. The Hall–Kier alpha value is -1.06. The molecule has 1 aliphatic rings. The fourth-order valence-electron chi connectivity index (χ4n) is 2.92. The molecule has 0 amide bonds. The highest BCUT2D eigenvalue weighted by Gasteiger charge is 2.22. The van der Waals surface area contributed by atoms with Crippen LogP contribution in [0, 0.1) is 0 Å². The number of anilines is 1. The Labute approximate surface area is 116 Å². The highest BCUT2D eigenvalue weighted by atomic mass is 16.3. The van der Waals surface area contributed by atoms with Crippen LogP contribution >= 0.6 is 0 Å². The van der Waals surface area contributed by atoms with Crippen molar-refractivity contribution in [2.45, 2.75) is 45.2 Å². The molecule has 3 heteroatoms. The van der Waals surface area contributed by atoms with Crippen molar-refractivity contribution in [2.75, 3.05) is 24.6 Å². The summed E-state index contributed by atoms with van der Waals surface area (Å²) in [5.74, 6) is 0. The van der Waals surface area contributed by atoms with Crippen molar-refractivity contribution in [3.05, 3.63) is 29.8 Å². The number of aliphatic hydroxyl groups is 1. The molecule has 0 aromatic heterocycles. The molecular weight excluding hydrogens is 236 g/mol. The van der Waals surface area contributed by atoms with Gasteiger partial charge in [0.1, 0.15) is 0 Å². The Morgan fingerprint density at radius 2 is 1.89 bits per heavy atom. The van der Waals surface area contributed by atoms with E-state index in [1.807, 2.05) is 0 Å². The number of hydrogen-bond acceptors (Lipinski definition) is 3. The lowest BCUT2D eigenvalue weighted by molar-refractivity contribution is 0.297. The van der Waals surface area contributed by atoms with Gasteiger partial charge in [-0.3, -0.25) is 0 Å². The second-order valence-corrected chi connectivity index (χ2v) is 5.30. The van der Waals surface area contributed by atoms with Crippen LogP contribution < -0.4 is 10.2 Å². The van der Waals surface area contributed by atoms with Gasteiger partial charge >= 0.3 is 0 Å². The number of hydrogen-bond donors (Lipinski definition) is 2. The van der Waals surface area contributed by atoms with Gasteiger partial charge in [-0.15, -0.1) is 0 Å². The highest BCUT2D eigenvalue weighted by Crippen LogP contribution is 2.28. The van der Waals surface area contributed by atoms with Crippen LogP contribution in [0.1, 0.15) is 38.2 Å². The zero-order valence-electron chi connectivity index (χ0n) is 11.9. The van der Waals surface area contributed by atoms with E-state index in [4.69, 9.17) is 0 Å². The second kappa shape index (κ2) is 7.51. The summed E-state index contributed by atoms with van der Waals surface area (Å²) in [6, 6.07) is 9.39. The van der Waals surface area contributed by atoms with Gasteiger partial charge in [-0.2, -0.15) is 0 Å². The van der Waals surface area contributed by atoms with Gasteiger partial charge in [0.25, 0.3) is 0 Å². The van der Waals surface area contributed by atoms with Crippen LogP contribution in [0.4, 0.5) is 5.69 Å². The molecule has 19 heavy (non-hydrogen) atoms. The van der Waals surface area contributed by atoms with Gasteiger partial charge in [-0.25, -0.2) is 0 Å². The van der Waals surface area contributed by atoms with Crippen molar-refractivity contribution in [2.24, 2.45) is 0 Å². The summed E-state index contributed by atoms with van der Waals surface area (Å²) in [7, 11) is 0. The Kier molecular flexibility index (Phi) is 5.67. The first kappa shape index (κ1) is 14.4. The van der Waals surface area contributed by atoms with E-state index in [9.17, 15) is 5.11 Å². The second-order valence-electron chi connectivity index (χ2n) is 5.30. The average molecular weight is 262 g/mol. The molecule has 3 nitrogen and oxygen atoms in total. The molecule has 0 saturated heterocycles. The van der Waals surface area contributed by atoms with E-state index >= 15 is 0 Å². The van der Waals surface area contributed by atoms with Crippen LogP contribution in [-0.2, 0) is 6.54 Å². The minimum absolute atomic E-state index is 0.232. The van der Waals surface area contributed by atoms with Crippen LogP contribution in [0.3, 0.4) is 0 Å². The summed E-state index contributed by atoms with van der Waals surface area (Å²) in [5, 5.41) is 12.6. The molecule has 1 fully saturated rings. The minimum atomic E-state index is 0.232. The van der Waals surface area contributed by atoms with Crippen LogP contribution in [0.25, 0.3) is 0 Å². The summed E-state index contributed by atoms with van der Waals surface area (Å²) in [5.41, 5.74) is 2.57. The normalized spacial score (nSPS) is 15.9. The minimum Gasteiger partial charge on any atom is -0.395 e. The SMILES string of the molecule is CCNCc1ccc(N(CCO)C2CCCC2)cc1. The molecule has 1 aliphatic carbocycles. The molecule has 0 atom stereocenters. The number of benzene rings is 1. The molecular formula is C16H26N2O. The van der Waals surface area contributed by atoms with Gasteiger partial charge in [-0.1, -0.05) is 31.9 Å². The summed E-state index contributed by atoms with van der Waals surface area (Å²) in [4.78, 5) is 2.38. The molecule has 1 saturated carbocycles. The summed E-state index contributed by atoms with van der Waals surface area (Å²) in [6.45, 7) is 5.03. The van der Waals surface area contributed by atoms with Crippen LogP contribution in [0.2, 0.25) is 0 Å². The van der Waals surface area contributed by atoms with Crippen molar-refractivity contribution in [3.8, 4) is 0 Å². The Balaban J connectivity index is 2.03. The van der Waals surface area contributed by atoms with Gasteiger partial charge in [0, 0.05) is 24.8 Å². The number of aliphatic hydroxyl groups excluding tert-OH is 1. The molecule has 2 N–H and O–H groups in total. The Bertz CT molecular complexity index is 358. The predicted molar refractivity (Wildman–Crippen MR) is 80.5 cm³/mol. The van der Waals surface area contributed by atoms with Crippen LogP contribution in [-0.4, -0.2) is 30.8 Å². The van der Waals surface area contributed by atoms with Crippen LogP contribution in [0.5, 0.6) is 0 Å². The van der Waals surface area contributed by atoms with E-state index in [0.29, 0.717) is 6.04 Å². The van der Waals surface area contributed by atoms with Gasteiger partial charge in [0.15, 0.2) is 0 Å². The van der Waals surface area contributed by atoms with E-state index in [1.54, 1.807) is 0 Å². The number of nitrogens with zero attached hydrogens (tertiary/aromatic N) is 1. The van der Waals surface area contributed by atoms with Gasteiger partial charge in [0.2, 0.25) is 0 Å². The van der Waals surface area contributed by atoms with Crippen molar-refractivity contribution in [3.63, 3.8) is 0 Å². The smallest absolute Gasteiger partial charge is 0.0606 e. The molecule has 0 radical (unpaired) electrons. The zero-order valence-corrected chi connectivity index (χ0v) is 11.9. The van der Waals surface area contributed by atoms with Gasteiger partial charge in [0.05, 0.1) is 6.61 Å². The molecule has 0 aliphatic heterocycles. The van der Waals surface area contributed by atoms with E-state index < -0.39 is 0 Å². The average Bonchev–Trinajstić information content (AvgIpc) is 2.97. The molecule has 0 heterocycles. The van der Waals surface area contributed by atoms with Gasteiger partial charge in [-0.05, 0) is 37.1 Å². The lowest BCUT2D eigenvalue weighted by atomic mass is 10.1. The lowest BCUT2D eigenvalue weighted by Gasteiger charge is -2.30. The monoisotopic (exact) mass is 262 g/mol. The first-order chi connectivity index (χ1) is 9.35. The standard InChI is InChI=1S/C16H26N2O/c1-2-17-13-14-7-9-16(10-8-14)18(11-12-19)15-5-3-4-6-15/h7-10,15,17,19H,2-6,11-13H2,1H3. The fourth-order valence-corrected chi connectivity index (χ4v) is 2.92. The lowest BCUT2D eigenvalue weighted by Crippen LogP contribution is -2.35. The van der Waals surface area contributed by atoms with E-state index in [-0.39, 0.29) is 6.61 Å². The molecule has 0 bridgehead atoms. The molecule has 2 rings (SSSR count).